The fraction of sp³-hybridized carbons (Fsp3) is 0.222. The molecular weight excluding hydrogens is 377 g/mol. The number of carbonyl (C=O) groups excluding carboxylic acids is 2. The second-order valence-corrected chi connectivity index (χ2v) is 6.44. The van der Waals surface area contributed by atoms with Gasteiger partial charge in [0.1, 0.15) is 5.82 Å². The van der Waals surface area contributed by atoms with Crippen molar-refractivity contribution in [3.63, 3.8) is 0 Å². The molecule has 126 valence electrons. The highest BCUT2D eigenvalue weighted by molar-refractivity contribution is 9.10. The summed E-state index contributed by atoms with van der Waals surface area (Å²) in [5.41, 5.74) is 1.50. The van der Waals surface area contributed by atoms with Crippen LogP contribution in [0.2, 0.25) is 0 Å². The summed E-state index contributed by atoms with van der Waals surface area (Å²) in [6.07, 6.45) is 0. The molecular formula is C18H17BrFNO3. The lowest BCUT2D eigenvalue weighted by molar-refractivity contribution is -0.119. The molecule has 0 radical (unpaired) electrons. The Morgan fingerprint density at radius 2 is 1.83 bits per heavy atom. The van der Waals surface area contributed by atoms with E-state index in [0.29, 0.717) is 16.0 Å². The van der Waals surface area contributed by atoms with Crippen molar-refractivity contribution in [1.82, 2.24) is 0 Å². The lowest BCUT2D eigenvalue weighted by Gasteiger charge is -2.09. The SMILES string of the molecule is CC(C)c1ccc(C(=O)OCC(=O)Nc2ccc(Br)cc2F)cc1. The Morgan fingerprint density at radius 3 is 2.42 bits per heavy atom. The number of hydrogen-bond donors (Lipinski definition) is 1. The van der Waals surface area contributed by atoms with Gasteiger partial charge in [-0.3, -0.25) is 4.79 Å². The minimum absolute atomic E-state index is 0.0283. The molecule has 6 heteroatoms. The second kappa shape index (κ2) is 8.06. The molecule has 0 aliphatic rings. The Kier molecular flexibility index (Phi) is 6.09. The molecule has 4 nitrogen and oxygen atoms in total. The third-order valence-electron chi connectivity index (χ3n) is 3.35. The number of benzene rings is 2. The summed E-state index contributed by atoms with van der Waals surface area (Å²) in [6, 6.07) is 11.3. The molecule has 1 N–H and O–H groups in total. The first-order valence-electron chi connectivity index (χ1n) is 7.39. The van der Waals surface area contributed by atoms with E-state index in [0.717, 1.165) is 5.56 Å². The van der Waals surface area contributed by atoms with Crippen LogP contribution in [0.1, 0.15) is 35.7 Å². The molecule has 0 aliphatic carbocycles. The van der Waals surface area contributed by atoms with Crippen LogP contribution in [-0.4, -0.2) is 18.5 Å². The lowest BCUT2D eigenvalue weighted by atomic mass is 10.0. The Morgan fingerprint density at radius 1 is 1.17 bits per heavy atom. The normalized spacial score (nSPS) is 10.5. The molecule has 2 aromatic carbocycles. The Balaban J connectivity index is 1.90. The van der Waals surface area contributed by atoms with Crippen LogP contribution < -0.4 is 5.32 Å². The van der Waals surface area contributed by atoms with Gasteiger partial charge in [0.05, 0.1) is 11.3 Å². The van der Waals surface area contributed by atoms with Crippen molar-refractivity contribution in [2.45, 2.75) is 19.8 Å². The minimum Gasteiger partial charge on any atom is -0.452 e. The van der Waals surface area contributed by atoms with E-state index in [4.69, 9.17) is 4.74 Å². The molecule has 2 rings (SSSR count). The van der Waals surface area contributed by atoms with Gasteiger partial charge in [-0.1, -0.05) is 41.9 Å². The van der Waals surface area contributed by atoms with Gasteiger partial charge in [-0.25, -0.2) is 9.18 Å². The van der Waals surface area contributed by atoms with Gasteiger partial charge in [0.2, 0.25) is 0 Å². The highest BCUT2D eigenvalue weighted by Gasteiger charge is 2.12. The zero-order valence-corrected chi connectivity index (χ0v) is 14.9. The number of rotatable bonds is 5. The molecule has 2 aromatic rings. The second-order valence-electron chi connectivity index (χ2n) is 5.53. The third-order valence-corrected chi connectivity index (χ3v) is 3.85. The molecule has 0 atom stereocenters. The first-order chi connectivity index (χ1) is 11.4. The average molecular weight is 394 g/mol. The average Bonchev–Trinajstić information content (AvgIpc) is 2.55. The minimum atomic E-state index is -0.608. The van der Waals surface area contributed by atoms with E-state index in [2.05, 4.69) is 35.1 Å². The van der Waals surface area contributed by atoms with Gasteiger partial charge in [-0.05, 0) is 41.8 Å². The number of nitrogens with one attached hydrogen (secondary N) is 1. The molecule has 0 heterocycles. The van der Waals surface area contributed by atoms with E-state index in [9.17, 15) is 14.0 Å². The highest BCUT2D eigenvalue weighted by atomic mass is 79.9. The number of anilines is 1. The van der Waals surface area contributed by atoms with Crippen LogP contribution in [0.4, 0.5) is 10.1 Å². The topological polar surface area (TPSA) is 55.4 Å². The van der Waals surface area contributed by atoms with Crippen LogP contribution >= 0.6 is 15.9 Å². The van der Waals surface area contributed by atoms with Gasteiger partial charge in [0.15, 0.2) is 6.61 Å². The fourth-order valence-corrected chi connectivity index (χ4v) is 2.33. The first-order valence-corrected chi connectivity index (χ1v) is 8.18. The van der Waals surface area contributed by atoms with Gasteiger partial charge in [0, 0.05) is 4.47 Å². The summed E-state index contributed by atoms with van der Waals surface area (Å²) in [6.45, 7) is 3.62. The van der Waals surface area contributed by atoms with Crippen LogP contribution in [0.5, 0.6) is 0 Å². The monoisotopic (exact) mass is 393 g/mol. The highest BCUT2D eigenvalue weighted by Crippen LogP contribution is 2.19. The van der Waals surface area contributed by atoms with Gasteiger partial charge in [0.25, 0.3) is 5.91 Å². The van der Waals surface area contributed by atoms with E-state index < -0.39 is 24.3 Å². The van der Waals surface area contributed by atoms with Crippen LogP contribution in [-0.2, 0) is 9.53 Å². The molecule has 0 fully saturated rings. The maximum Gasteiger partial charge on any atom is 0.338 e. The quantitative estimate of drug-likeness (QED) is 0.760. The van der Waals surface area contributed by atoms with Crippen LogP contribution in [0.3, 0.4) is 0 Å². The van der Waals surface area contributed by atoms with Crippen LogP contribution in [0.25, 0.3) is 0 Å². The van der Waals surface area contributed by atoms with E-state index >= 15 is 0 Å². The van der Waals surface area contributed by atoms with E-state index in [-0.39, 0.29) is 5.69 Å². The number of halogens is 2. The smallest absolute Gasteiger partial charge is 0.338 e. The predicted molar refractivity (Wildman–Crippen MR) is 93.5 cm³/mol. The largest absolute Gasteiger partial charge is 0.452 e. The third kappa shape index (κ3) is 4.89. The zero-order valence-electron chi connectivity index (χ0n) is 13.3. The van der Waals surface area contributed by atoms with Gasteiger partial charge in [-0.2, -0.15) is 0 Å². The van der Waals surface area contributed by atoms with Crippen molar-refractivity contribution in [2.75, 3.05) is 11.9 Å². The summed E-state index contributed by atoms with van der Waals surface area (Å²) < 4.78 is 19.1. The summed E-state index contributed by atoms with van der Waals surface area (Å²) >= 11 is 3.13. The van der Waals surface area contributed by atoms with Crippen LogP contribution in [0.15, 0.2) is 46.9 Å². The van der Waals surface area contributed by atoms with Crippen molar-refractivity contribution in [3.8, 4) is 0 Å². The Labute approximate surface area is 148 Å². The molecule has 0 spiro atoms. The van der Waals surface area contributed by atoms with E-state index in [1.807, 2.05) is 12.1 Å². The van der Waals surface area contributed by atoms with Crippen molar-refractivity contribution in [2.24, 2.45) is 0 Å². The number of amides is 1. The van der Waals surface area contributed by atoms with E-state index in [1.54, 1.807) is 18.2 Å². The Bertz CT molecular complexity index is 744. The standard InChI is InChI=1S/C18H17BrFNO3/c1-11(2)12-3-5-13(6-4-12)18(23)24-10-17(22)21-16-8-7-14(19)9-15(16)20/h3-9,11H,10H2,1-2H3,(H,21,22). The maximum atomic E-state index is 13.6. The van der Waals surface area contributed by atoms with Crippen molar-refractivity contribution < 1.29 is 18.7 Å². The molecule has 0 bridgehead atoms. The summed E-state index contributed by atoms with van der Waals surface area (Å²) in [5, 5.41) is 2.36. The van der Waals surface area contributed by atoms with Gasteiger partial charge in [-0.15, -0.1) is 0 Å². The van der Waals surface area contributed by atoms with Crippen molar-refractivity contribution in [3.05, 3.63) is 63.9 Å². The first kappa shape index (κ1) is 18.1. The summed E-state index contributed by atoms with van der Waals surface area (Å²) in [4.78, 5) is 23.7. The molecule has 0 aliphatic heterocycles. The summed E-state index contributed by atoms with van der Waals surface area (Å²) in [7, 11) is 0. The number of carbonyl (C=O) groups is 2. The molecule has 1 amide bonds. The Hall–Kier alpha value is -2.21. The summed E-state index contributed by atoms with van der Waals surface area (Å²) in [5.74, 6) is -1.42. The molecule has 0 aromatic heterocycles. The van der Waals surface area contributed by atoms with Crippen molar-refractivity contribution in [1.29, 1.82) is 0 Å². The van der Waals surface area contributed by atoms with E-state index in [1.165, 1.54) is 12.1 Å². The zero-order chi connectivity index (χ0) is 17.7. The predicted octanol–water partition coefficient (Wildman–Crippen LogP) is 4.51. The molecule has 0 saturated carbocycles. The van der Waals surface area contributed by atoms with Gasteiger partial charge >= 0.3 is 5.97 Å². The number of ether oxygens (including phenoxy) is 1. The van der Waals surface area contributed by atoms with Gasteiger partial charge < -0.3 is 10.1 Å². The lowest BCUT2D eigenvalue weighted by Crippen LogP contribution is -2.21. The maximum absolute atomic E-state index is 13.6. The van der Waals surface area contributed by atoms with Crippen LogP contribution in [0, 0.1) is 5.82 Å². The molecule has 0 saturated heterocycles. The van der Waals surface area contributed by atoms with Crippen molar-refractivity contribution >= 4 is 33.5 Å². The number of esters is 1. The molecule has 24 heavy (non-hydrogen) atoms. The molecule has 0 unspecified atom stereocenters. The fourth-order valence-electron chi connectivity index (χ4n) is 2.00. The number of hydrogen-bond acceptors (Lipinski definition) is 3.